The van der Waals surface area contributed by atoms with E-state index in [2.05, 4.69) is 50.7 Å². The highest BCUT2D eigenvalue weighted by Gasteiger charge is 2.17. The Morgan fingerprint density at radius 3 is 2.50 bits per heavy atom. The molecule has 0 unspecified atom stereocenters. The number of aryl methyl sites for hydroxylation is 1. The summed E-state index contributed by atoms with van der Waals surface area (Å²) in [6.45, 7) is 11.0. The van der Waals surface area contributed by atoms with Crippen LogP contribution in [0.1, 0.15) is 43.6 Å². The van der Waals surface area contributed by atoms with Crippen molar-refractivity contribution in [2.45, 2.75) is 47.1 Å². The van der Waals surface area contributed by atoms with Crippen molar-refractivity contribution < 1.29 is 5.11 Å². The topological polar surface area (TPSA) is 37.2 Å². The monoisotopic (exact) mass is 252 g/mol. The first kappa shape index (κ1) is 15.3. The van der Waals surface area contributed by atoms with Crippen LogP contribution < -0.4 is 5.32 Å². The summed E-state index contributed by atoms with van der Waals surface area (Å²) in [5.41, 5.74) is 4.28. The maximum absolute atomic E-state index is 8.88. The molecule has 3 heteroatoms. The van der Waals surface area contributed by atoms with Crippen molar-refractivity contribution in [3.63, 3.8) is 0 Å². The highest BCUT2D eigenvalue weighted by molar-refractivity contribution is 5.26. The Kier molecular flexibility index (Phi) is 5.42. The highest BCUT2D eigenvalue weighted by Crippen LogP contribution is 2.21. The van der Waals surface area contributed by atoms with E-state index >= 15 is 0 Å². The molecule has 0 amide bonds. The van der Waals surface area contributed by atoms with Gasteiger partial charge in [0.1, 0.15) is 0 Å². The Balaban J connectivity index is 2.44. The fourth-order valence-corrected chi connectivity index (χ4v) is 2.29. The van der Waals surface area contributed by atoms with Gasteiger partial charge in [0, 0.05) is 38.1 Å². The maximum atomic E-state index is 8.88. The quantitative estimate of drug-likeness (QED) is 0.782. The van der Waals surface area contributed by atoms with E-state index in [0.717, 1.165) is 25.9 Å². The Morgan fingerprint density at radius 1 is 1.33 bits per heavy atom. The largest absolute Gasteiger partial charge is 0.396 e. The number of nitrogens with one attached hydrogen (secondary N) is 1. The Bertz CT molecular complexity index is 380. The fourth-order valence-electron chi connectivity index (χ4n) is 2.29. The minimum absolute atomic E-state index is 0.250. The van der Waals surface area contributed by atoms with E-state index in [1.807, 2.05) is 0 Å². The minimum Gasteiger partial charge on any atom is -0.396 e. The van der Waals surface area contributed by atoms with Gasteiger partial charge in [-0.2, -0.15) is 0 Å². The van der Waals surface area contributed by atoms with Crippen LogP contribution in [0.4, 0.5) is 0 Å². The molecule has 0 bridgehead atoms. The van der Waals surface area contributed by atoms with Crippen molar-refractivity contribution >= 4 is 0 Å². The van der Waals surface area contributed by atoms with Gasteiger partial charge in [-0.15, -0.1) is 0 Å². The minimum atomic E-state index is 0.250. The zero-order valence-electron chi connectivity index (χ0n) is 12.5. The molecule has 0 aromatic carbocycles. The summed E-state index contributed by atoms with van der Waals surface area (Å²) < 4.78 is 2.23. The molecule has 0 aliphatic carbocycles. The van der Waals surface area contributed by atoms with Crippen LogP contribution in [0, 0.1) is 19.3 Å². The van der Waals surface area contributed by atoms with Gasteiger partial charge in [0.25, 0.3) is 0 Å². The number of aliphatic hydroxyl groups excluding tert-OH is 1. The molecular weight excluding hydrogens is 224 g/mol. The van der Waals surface area contributed by atoms with Crippen molar-refractivity contribution in [3.8, 4) is 0 Å². The second kappa shape index (κ2) is 6.39. The highest BCUT2D eigenvalue weighted by atomic mass is 16.2. The molecule has 0 fully saturated rings. The molecule has 0 aliphatic rings. The molecule has 1 aromatic rings. The molecule has 104 valence electrons. The molecule has 0 atom stereocenters. The van der Waals surface area contributed by atoms with Gasteiger partial charge in [-0.1, -0.05) is 13.8 Å². The van der Waals surface area contributed by atoms with Crippen LogP contribution in [0.3, 0.4) is 0 Å². The van der Waals surface area contributed by atoms with Crippen LogP contribution in [-0.4, -0.2) is 22.8 Å². The Morgan fingerprint density at radius 2 is 2.00 bits per heavy atom. The van der Waals surface area contributed by atoms with Crippen LogP contribution >= 0.6 is 0 Å². The third-order valence-electron chi connectivity index (χ3n) is 3.81. The number of aromatic nitrogens is 1. The molecule has 3 nitrogen and oxygen atoms in total. The first-order chi connectivity index (χ1) is 8.37. The number of hydrogen-bond donors (Lipinski definition) is 2. The molecule has 0 spiro atoms. The molecule has 0 radical (unpaired) electrons. The predicted molar refractivity (Wildman–Crippen MR) is 76.7 cm³/mol. The van der Waals surface area contributed by atoms with Crippen molar-refractivity contribution in [1.82, 2.24) is 9.88 Å². The van der Waals surface area contributed by atoms with E-state index in [4.69, 9.17) is 5.11 Å². The molecule has 1 heterocycles. The smallest absolute Gasteiger partial charge is 0.0431 e. The van der Waals surface area contributed by atoms with Gasteiger partial charge in [-0.25, -0.2) is 0 Å². The summed E-state index contributed by atoms with van der Waals surface area (Å²) in [6, 6.07) is 2.25. The summed E-state index contributed by atoms with van der Waals surface area (Å²) in [5, 5.41) is 12.4. The Hall–Kier alpha value is -0.800. The third-order valence-corrected chi connectivity index (χ3v) is 3.81. The zero-order valence-corrected chi connectivity index (χ0v) is 12.5. The average molecular weight is 252 g/mol. The molecule has 0 saturated heterocycles. The van der Waals surface area contributed by atoms with Gasteiger partial charge in [-0.3, -0.25) is 0 Å². The molecule has 18 heavy (non-hydrogen) atoms. The zero-order chi connectivity index (χ0) is 13.8. The van der Waals surface area contributed by atoms with E-state index < -0.39 is 0 Å². The molecule has 1 rings (SSSR count). The van der Waals surface area contributed by atoms with Gasteiger partial charge in [-0.05, 0) is 43.7 Å². The van der Waals surface area contributed by atoms with Crippen molar-refractivity contribution in [1.29, 1.82) is 0 Å². The third kappa shape index (κ3) is 4.14. The van der Waals surface area contributed by atoms with E-state index in [-0.39, 0.29) is 5.41 Å². The van der Waals surface area contributed by atoms with Crippen molar-refractivity contribution in [2.75, 3.05) is 13.2 Å². The first-order valence-corrected chi connectivity index (χ1v) is 6.81. The van der Waals surface area contributed by atoms with Crippen molar-refractivity contribution in [2.24, 2.45) is 12.5 Å². The average Bonchev–Trinajstić information content (AvgIpc) is 2.54. The van der Waals surface area contributed by atoms with Crippen LogP contribution in [0.5, 0.6) is 0 Å². The molecule has 1 aromatic heterocycles. The van der Waals surface area contributed by atoms with Gasteiger partial charge >= 0.3 is 0 Å². The summed E-state index contributed by atoms with van der Waals surface area (Å²) in [6.07, 6.45) is 1.95. The Labute approximate surface area is 111 Å². The van der Waals surface area contributed by atoms with Gasteiger partial charge in [0.2, 0.25) is 0 Å². The lowest BCUT2D eigenvalue weighted by Crippen LogP contribution is -2.29. The normalized spacial score (nSPS) is 12.1. The molecule has 0 aliphatic heterocycles. The summed E-state index contributed by atoms with van der Waals surface area (Å²) in [5.74, 6) is 0. The molecular formula is C15H28N2O. The predicted octanol–water partition coefficient (Wildman–Crippen LogP) is 2.53. The standard InChI is InChI=1S/C15H28N2O/c1-12-9-14(13(2)17(12)5)10-16-11-15(3,4)7-6-8-18/h9,16,18H,6-8,10-11H2,1-5H3. The number of rotatable bonds is 7. The van der Waals surface area contributed by atoms with Crippen molar-refractivity contribution in [3.05, 3.63) is 23.0 Å². The first-order valence-electron chi connectivity index (χ1n) is 6.81. The summed E-state index contributed by atoms with van der Waals surface area (Å²) in [4.78, 5) is 0. The van der Waals surface area contributed by atoms with Crippen LogP contribution in [0.2, 0.25) is 0 Å². The van der Waals surface area contributed by atoms with Crippen LogP contribution in [0.25, 0.3) is 0 Å². The maximum Gasteiger partial charge on any atom is 0.0431 e. The lowest BCUT2D eigenvalue weighted by Gasteiger charge is -2.24. The summed E-state index contributed by atoms with van der Waals surface area (Å²) >= 11 is 0. The van der Waals surface area contributed by atoms with Gasteiger partial charge in [0.15, 0.2) is 0 Å². The fraction of sp³-hybridized carbons (Fsp3) is 0.733. The lowest BCUT2D eigenvalue weighted by molar-refractivity contribution is 0.236. The number of aliphatic hydroxyl groups is 1. The van der Waals surface area contributed by atoms with Gasteiger partial charge in [0.05, 0.1) is 0 Å². The second-order valence-electron chi connectivity index (χ2n) is 6.05. The van der Waals surface area contributed by atoms with Crippen LogP contribution in [0.15, 0.2) is 6.07 Å². The number of hydrogen-bond acceptors (Lipinski definition) is 2. The summed E-state index contributed by atoms with van der Waals surface area (Å²) in [7, 11) is 2.11. The lowest BCUT2D eigenvalue weighted by atomic mass is 9.88. The van der Waals surface area contributed by atoms with Crippen LogP contribution in [-0.2, 0) is 13.6 Å². The van der Waals surface area contributed by atoms with E-state index in [1.54, 1.807) is 0 Å². The van der Waals surface area contributed by atoms with Gasteiger partial charge < -0.3 is 15.0 Å². The SMILES string of the molecule is Cc1cc(CNCC(C)(C)CCCO)c(C)n1C. The van der Waals surface area contributed by atoms with E-state index in [9.17, 15) is 0 Å². The number of nitrogens with zero attached hydrogens (tertiary/aromatic N) is 1. The molecule has 0 saturated carbocycles. The molecule has 2 N–H and O–H groups in total. The van der Waals surface area contributed by atoms with E-state index in [0.29, 0.717) is 6.61 Å². The van der Waals surface area contributed by atoms with E-state index in [1.165, 1.54) is 17.0 Å². The second-order valence-corrected chi connectivity index (χ2v) is 6.05.